The van der Waals surface area contributed by atoms with Gasteiger partial charge in [0, 0.05) is 25.2 Å². The van der Waals surface area contributed by atoms with Gasteiger partial charge in [0.25, 0.3) is 5.91 Å². The molecule has 0 radical (unpaired) electrons. The third-order valence-corrected chi connectivity index (χ3v) is 3.46. The van der Waals surface area contributed by atoms with E-state index < -0.39 is 0 Å². The molecule has 0 saturated carbocycles. The van der Waals surface area contributed by atoms with Gasteiger partial charge in [-0.25, -0.2) is 8.78 Å². The van der Waals surface area contributed by atoms with Crippen molar-refractivity contribution >= 4 is 23.2 Å². The Hall–Kier alpha value is -2.54. The zero-order valence-corrected chi connectivity index (χ0v) is 13.6. The van der Waals surface area contributed by atoms with Crippen LogP contribution in [-0.4, -0.2) is 24.1 Å². The Bertz CT molecular complexity index is 690. The molecule has 0 fully saturated rings. The average molecular weight is 349 g/mol. The molecule has 0 aliphatic heterocycles. The van der Waals surface area contributed by atoms with Crippen LogP contribution in [0.1, 0.15) is 15.9 Å². The number of nitrogens with one attached hydrogen (secondary N) is 3. The third kappa shape index (κ3) is 5.92. The molecule has 0 saturated heterocycles. The van der Waals surface area contributed by atoms with Gasteiger partial charge >= 0.3 is 0 Å². The number of thiocarbonyl (C=S) groups is 1. The summed E-state index contributed by atoms with van der Waals surface area (Å²) in [6, 6.07) is 11.4. The van der Waals surface area contributed by atoms with E-state index in [1.807, 2.05) is 0 Å². The maximum atomic E-state index is 12.8. The molecule has 4 nitrogen and oxygen atoms in total. The van der Waals surface area contributed by atoms with E-state index in [1.54, 1.807) is 12.1 Å². The lowest BCUT2D eigenvalue weighted by Crippen LogP contribution is -2.39. The summed E-state index contributed by atoms with van der Waals surface area (Å²) in [5.41, 5.74) is 1.30. The predicted molar refractivity (Wildman–Crippen MR) is 92.6 cm³/mol. The van der Waals surface area contributed by atoms with Gasteiger partial charge in [-0.1, -0.05) is 12.1 Å². The molecular weight excluding hydrogens is 332 g/mol. The van der Waals surface area contributed by atoms with Crippen LogP contribution in [0.3, 0.4) is 0 Å². The number of benzene rings is 2. The second kappa shape index (κ2) is 8.93. The third-order valence-electron chi connectivity index (χ3n) is 3.17. The van der Waals surface area contributed by atoms with E-state index in [4.69, 9.17) is 12.2 Å². The van der Waals surface area contributed by atoms with Crippen LogP contribution in [-0.2, 0) is 6.54 Å². The maximum Gasteiger partial charge on any atom is 0.251 e. The van der Waals surface area contributed by atoms with Crippen molar-refractivity contribution in [2.45, 2.75) is 6.54 Å². The van der Waals surface area contributed by atoms with Crippen molar-refractivity contribution in [1.29, 1.82) is 0 Å². The Morgan fingerprint density at radius 1 is 0.833 bits per heavy atom. The lowest BCUT2D eigenvalue weighted by atomic mass is 10.2. The molecule has 24 heavy (non-hydrogen) atoms. The number of hydrogen-bond donors (Lipinski definition) is 3. The van der Waals surface area contributed by atoms with Crippen LogP contribution in [0, 0.1) is 11.6 Å². The Balaban J connectivity index is 1.63. The van der Waals surface area contributed by atoms with E-state index in [9.17, 15) is 13.6 Å². The minimum atomic E-state index is -0.384. The fraction of sp³-hybridized carbons (Fsp3) is 0.176. The molecule has 0 aromatic heterocycles. The van der Waals surface area contributed by atoms with Crippen molar-refractivity contribution in [3.8, 4) is 0 Å². The minimum absolute atomic E-state index is 0.276. The highest BCUT2D eigenvalue weighted by atomic mass is 32.1. The fourth-order valence-corrected chi connectivity index (χ4v) is 2.08. The van der Waals surface area contributed by atoms with Gasteiger partial charge in [-0.2, -0.15) is 0 Å². The SMILES string of the molecule is O=C(NCCNC(=S)NCc1ccc(F)cc1)c1ccc(F)cc1. The van der Waals surface area contributed by atoms with Crippen LogP contribution in [0.2, 0.25) is 0 Å². The van der Waals surface area contributed by atoms with Crippen molar-refractivity contribution in [3.63, 3.8) is 0 Å². The summed E-state index contributed by atoms with van der Waals surface area (Å²) in [5.74, 6) is -0.941. The zero-order chi connectivity index (χ0) is 17.4. The first kappa shape index (κ1) is 17.8. The molecule has 2 aromatic carbocycles. The van der Waals surface area contributed by atoms with E-state index >= 15 is 0 Å². The fourth-order valence-electron chi connectivity index (χ4n) is 1.90. The molecule has 0 heterocycles. The predicted octanol–water partition coefficient (Wildman–Crippen LogP) is 2.36. The second-order valence-electron chi connectivity index (χ2n) is 5.00. The van der Waals surface area contributed by atoms with Crippen molar-refractivity contribution < 1.29 is 13.6 Å². The van der Waals surface area contributed by atoms with E-state index in [0.29, 0.717) is 30.3 Å². The van der Waals surface area contributed by atoms with Gasteiger partial charge in [-0.05, 0) is 54.2 Å². The molecule has 2 rings (SSSR count). The van der Waals surface area contributed by atoms with E-state index in [-0.39, 0.29) is 17.5 Å². The van der Waals surface area contributed by atoms with Crippen LogP contribution >= 0.6 is 12.2 Å². The van der Waals surface area contributed by atoms with Gasteiger partial charge in [-0.3, -0.25) is 4.79 Å². The van der Waals surface area contributed by atoms with Crippen LogP contribution in [0.25, 0.3) is 0 Å². The number of halogens is 2. The lowest BCUT2D eigenvalue weighted by Gasteiger charge is -2.11. The highest BCUT2D eigenvalue weighted by Gasteiger charge is 2.04. The molecule has 0 aliphatic carbocycles. The maximum absolute atomic E-state index is 12.8. The van der Waals surface area contributed by atoms with Crippen LogP contribution < -0.4 is 16.0 Å². The van der Waals surface area contributed by atoms with Crippen LogP contribution in [0.4, 0.5) is 8.78 Å². The molecule has 3 N–H and O–H groups in total. The Morgan fingerprint density at radius 3 is 2.00 bits per heavy atom. The van der Waals surface area contributed by atoms with Crippen LogP contribution in [0.15, 0.2) is 48.5 Å². The summed E-state index contributed by atoms with van der Waals surface area (Å²) < 4.78 is 25.6. The molecule has 0 bridgehead atoms. The molecule has 0 unspecified atom stereocenters. The Morgan fingerprint density at radius 2 is 1.38 bits per heavy atom. The van der Waals surface area contributed by atoms with E-state index in [0.717, 1.165) is 5.56 Å². The quantitative estimate of drug-likeness (QED) is 0.554. The van der Waals surface area contributed by atoms with Gasteiger partial charge in [0.1, 0.15) is 11.6 Å². The standard InChI is InChI=1S/C17H17F2N3OS/c18-14-5-1-12(2-6-14)11-22-17(24)21-10-9-20-16(23)13-3-7-15(19)8-4-13/h1-8H,9-11H2,(H,20,23)(H2,21,22,24). The topological polar surface area (TPSA) is 53.2 Å². The van der Waals surface area contributed by atoms with Gasteiger partial charge in [0.15, 0.2) is 5.11 Å². The molecule has 0 atom stereocenters. The summed E-state index contributed by atoms with van der Waals surface area (Å²) in [6.45, 7) is 1.30. The first-order chi connectivity index (χ1) is 11.5. The smallest absolute Gasteiger partial charge is 0.251 e. The number of rotatable bonds is 6. The Kier molecular flexibility index (Phi) is 6.62. The molecule has 126 valence electrons. The minimum Gasteiger partial charge on any atom is -0.361 e. The Labute approximate surface area is 144 Å². The molecule has 1 amide bonds. The highest BCUT2D eigenvalue weighted by molar-refractivity contribution is 7.80. The van der Waals surface area contributed by atoms with E-state index in [2.05, 4.69) is 16.0 Å². The van der Waals surface area contributed by atoms with Crippen molar-refractivity contribution in [2.24, 2.45) is 0 Å². The second-order valence-corrected chi connectivity index (χ2v) is 5.41. The summed E-state index contributed by atoms with van der Waals surface area (Å²) >= 11 is 5.12. The summed E-state index contributed by atoms with van der Waals surface area (Å²) in [4.78, 5) is 11.8. The van der Waals surface area contributed by atoms with Gasteiger partial charge in [0.2, 0.25) is 0 Å². The molecule has 0 spiro atoms. The molecule has 7 heteroatoms. The zero-order valence-electron chi connectivity index (χ0n) is 12.8. The largest absolute Gasteiger partial charge is 0.361 e. The van der Waals surface area contributed by atoms with E-state index in [1.165, 1.54) is 36.4 Å². The lowest BCUT2D eigenvalue weighted by molar-refractivity contribution is 0.0954. The molecule has 2 aromatic rings. The summed E-state index contributed by atoms with van der Waals surface area (Å²) in [6.07, 6.45) is 0. The van der Waals surface area contributed by atoms with Gasteiger partial charge in [0.05, 0.1) is 0 Å². The molecular formula is C17H17F2N3OS. The van der Waals surface area contributed by atoms with Gasteiger partial charge in [-0.15, -0.1) is 0 Å². The number of carbonyl (C=O) groups excluding carboxylic acids is 1. The monoisotopic (exact) mass is 349 g/mol. The first-order valence-corrected chi connectivity index (χ1v) is 7.75. The van der Waals surface area contributed by atoms with Crippen molar-refractivity contribution in [2.75, 3.05) is 13.1 Å². The molecule has 0 aliphatic rings. The van der Waals surface area contributed by atoms with Crippen LogP contribution in [0.5, 0.6) is 0 Å². The van der Waals surface area contributed by atoms with Gasteiger partial charge < -0.3 is 16.0 Å². The number of carbonyl (C=O) groups is 1. The average Bonchev–Trinajstić information content (AvgIpc) is 2.58. The highest BCUT2D eigenvalue weighted by Crippen LogP contribution is 2.02. The van der Waals surface area contributed by atoms with Crippen molar-refractivity contribution in [1.82, 2.24) is 16.0 Å². The summed E-state index contributed by atoms with van der Waals surface area (Å²) in [5, 5.41) is 9.08. The normalized spacial score (nSPS) is 10.1. The number of amides is 1. The van der Waals surface area contributed by atoms with Crippen molar-refractivity contribution in [3.05, 3.63) is 71.3 Å². The summed E-state index contributed by atoms with van der Waals surface area (Å²) in [7, 11) is 0. The first-order valence-electron chi connectivity index (χ1n) is 7.34. The number of hydrogen-bond acceptors (Lipinski definition) is 2.